The summed E-state index contributed by atoms with van der Waals surface area (Å²) in [4.78, 5) is 6.59. The Kier molecular flexibility index (Phi) is 4.78. The van der Waals surface area contributed by atoms with Gasteiger partial charge in [0.25, 0.3) is 0 Å². The summed E-state index contributed by atoms with van der Waals surface area (Å²) in [5.74, 6) is 1.17. The van der Waals surface area contributed by atoms with Gasteiger partial charge in [-0.3, -0.25) is 4.90 Å². The van der Waals surface area contributed by atoms with Crippen LogP contribution < -0.4 is 0 Å². The molecule has 2 unspecified atom stereocenters. The molecular weight excluding hydrogens is 258 g/mol. The van der Waals surface area contributed by atoms with Gasteiger partial charge in [-0.05, 0) is 47.1 Å². The first kappa shape index (κ1) is 15.4. The molecule has 0 bridgehead atoms. The van der Waals surface area contributed by atoms with Gasteiger partial charge in [-0.2, -0.15) is 4.98 Å². The van der Waals surface area contributed by atoms with Gasteiger partial charge in [0, 0.05) is 12.6 Å². The van der Waals surface area contributed by atoms with Crippen LogP contribution in [0.15, 0.2) is 4.52 Å². The molecular formula is C14H25N3O3. The average Bonchev–Trinajstić information content (AvgIpc) is 2.98. The van der Waals surface area contributed by atoms with Crippen LogP contribution in [0.5, 0.6) is 0 Å². The van der Waals surface area contributed by atoms with Gasteiger partial charge in [0.15, 0.2) is 5.82 Å². The van der Waals surface area contributed by atoms with Crippen molar-refractivity contribution in [1.82, 2.24) is 15.0 Å². The van der Waals surface area contributed by atoms with Crippen molar-refractivity contribution >= 4 is 0 Å². The van der Waals surface area contributed by atoms with Crippen LogP contribution in [0.1, 0.15) is 58.4 Å². The first-order chi connectivity index (χ1) is 9.41. The zero-order valence-corrected chi connectivity index (χ0v) is 12.8. The number of aliphatic hydroxyl groups is 1. The Labute approximate surface area is 120 Å². The van der Waals surface area contributed by atoms with Gasteiger partial charge < -0.3 is 14.4 Å². The van der Waals surface area contributed by atoms with Crippen LogP contribution in [0, 0.1) is 0 Å². The van der Waals surface area contributed by atoms with E-state index in [1.165, 1.54) is 0 Å². The highest BCUT2D eigenvalue weighted by Gasteiger charge is 2.36. The molecule has 1 aromatic heterocycles. The predicted octanol–water partition coefficient (Wildman–Crippen LogP) is 1.90. The molecule has 1 aliphatic rings. The van der Waals surface area contributed by atoms with Crippen LogP contribution in [0.2, 0.25) is 0 Å². The lowest BCUT2D eigenvalue weighted by Gasteiger charge is -2.32. The van der Waals surface area contributed by atoms with Crippen LogP contribution in [-0.2, 0) is 11.3 Å². The van der Waals surface area contributed by atoms with E-state index in [0.717, 1.165) is 19.4 Å². The highest BCUT2D eigenvalue weighted by molar-refractivity contribution is 4.95. The molecule has 1 N–H and O–H groups in total. The van der Waals surface area contributed by atoms with E-state index >= 15 is 0 Å². The second kappa shape index (κ2) is 6.20. The summed E-state index contributed by atoms with van der Waals surface area (Å²) in [6.07, 6.45) is 1.94. The van der Waals surface area contributed by atoms with Crippen LogP contribution in [0.4, 0.5) is 0 Å². The maximum Gasteiger partial charge on any atom is 0.240 e. The number of hydrogen-bond donors (Lipinski definition) is 1. The lowest BCUT2D eigenvalue weighted by atomic mass is 9.97. The van der Waals surface area contributed by atoms with Gasteiger partial charge in [-0.15, -0.1) is 0 Å². The van der Waals surface area contributed by atoms with E-state index < -0.39 is 5.60 Å². The monoisotopic (exact) mass is 283 g/mol. The minimum absolute atomic E-state index is 0.141. The van der Waals surface area contributed by atoms with Crippen LogP contribution in [0.25, 0.3) is 0 Å². The normalized spacial score (nSPS) is 22.4. The third kappa shape index (κ3) is 3.56. The highest BCUT2D eigenvalue weighted by atomic mass is 16.5. The van der Waals surface area contributed by atoms with Crippen molar-refractivity contribution in [2.24, 2.45) is 0 Å². The minimum Gasteiger partial charge on any atom is -0.389 e. The molecule has 2 heterocycles. The first-order valence-corrected chi connectivity index (χ1v) is 7.32. The number of aromatic nitrogens is 2. The molecule has 1 aliphatic heterocycles. The molecule has 0 radical (unpaired) electrons. The van der Waals surface area contributed by atoms with Crippen LogP contribution in [-0.4, -0.2) is 44.9 Å². The van der Waals surface area contributed by atoms with Gasteiger partial charge in [0.2, 0.25) is 5.89 Å². The number of rotatable bonds is 6. The molecule has 6 heteroatoms. The van der Waals surface area contributed by atoms with Crippen molar-refractivity contribution in [3.05, 3.63) is 11.7 Å². The Morgan fingerprint density at radius 2 is 2.30 bits per heavy atom. The van der Waals surface area contributed by atoms with Gasteiger partial charge in [0.1, 0.15) is 6.10 Å². The summed E-state index contributed by atoms with van der Waals surface area (Å²) in [5, 5.41) is 14.2. The van der Waals surface area contributed by atoms with E-state index in [-0.39, 0.29) is 12.1 Å². The maximum absolute atomic E-state index is 10.2. The molecule has 20 heavy (non-hydrogen) atoms. The van der Waals surface area contributed by atoms with Gasteiger partial charge in [0.05, 0.1) is 12.1 Å². The Hall–Kier alpha value is -0.980. The SMILES string of the molecule is CCOC(C)c1noc(CN2CCCC2C(C)(C)O)n1. The van der Waals surface area contributed by atoms with Crippen molar-refractivity contribution in [1.29, 1.82) is 0 Å². The topological polar surface area (TPSA) is 71.6 Å². The summed E-state index contributed by atoms with van der Waals surface area (Å²) in [6, 6.07) is 0.141. The number of hydrogen-bond acceptors (Lipinski definition) is 6. The molecule has 6 nitrogen and oxygen atoms in total. The van der Waals surface area contributed by atoms with Crippen LogP contribution in [0.3, 0.4) is 0 Å². The first-order valence-electron chi connectivity index (χ1n) is 7.32. The molecule has 2 rings (SSSR count). The summed E-state index contributed by atoms with van der Waals surface area (Å²) < 4.78 is 10.7. The lowest BCUT2D eigenvalue weighted by Crippen LogP contribution is -2.45. The average molecular weight is 283 g/mol. The standard InChI is InChI=1S/C14H25N3O3/c1-5-19-10(2)13-15-12(20-16-13)9-17-8-6-7-11(17)14(3,4)18/h10-11,18H,5-9H2,1-4H3. The van der Waals surface area contributed by atoms with Crippen molar-refractivity contribution in [2.75, 3.05) is 13.2 Å². The lowest BCUT2D eigenvalue weighted by molar-refractivity contribution is -0.00774. The fraction of sp³-hybridized carbons (Fsp3) is 0.857. The molecule has 0 aromatic carbocycles. The molecule has 114 valence electrons. The number of nitrogens with zero attached hydrogens (tertiary/aromatic N) is 3. The van der Waals surface area contributed by atoms with Crippen molar-refractivity contribution in [3.63, 3.8) is 0 Å². The van der Waals surface area contributed by atoms with Gasteiger partial charge in [-0.1, -0.05) is 5.16 Å². The zero-order valence-electron chi connectivity index (χ0n) is 12.8. The smallest absolute Gasteiger partial charge is 0.240 e. The molecule has 0 aliphatic carbocycles. The second-order valence-corrected chi connectivity index (χ2v) is 5.93. The number of likely N-dealkylation sites (tertiary alicyclic amines) is 1. The summed E-state index contributed by atoms with van der Waals surface area (Å²) in [7, 11) is 0. The zero-order chi connectivity index (χ0) is 14.8. The third-order valence-corrected chi connectivity index (χ3v) is 3.78. The Bertz CT molecular complexity index is 428. The third-order valence-electron chi connectivity index (χ3n) is 3.78. The van der Waals surface area contributed by atoms with Gasteiger partial charge >= 0.3 is 0 Å². The molecule has 0 saturated carbocycles. The van der Waals surface area contributed by atoms with Crippen molar-refractivity contribution in [3.8, 4) is 0 Å². The van der Waals surface area contributed by atoms with Gasteiger partial charge in [-0.25, -0.2) is 0 Å². The maximum atomic E-state index is 10.2. The molecule has 1 aromatic rings. The molecule has 0 amide bonds. The predicted molar refractivity (Wildman–Crippen MR) is 74.1 cm³/mol. The van der Waals surface area contributed by atoms with Crippen LogP contribution >= 0.6 is 0 Å². The van der Waals surface area contributed by atoms with E-state index in [0.29, 0.717) is 24.9 Å². The van der Waals surface area contributed by atoms with E-state index in [4.69, 9.17) is 9.26 Å². The fourth-order valence-corrected chi connectivity index (χ4v) is 2.81. The Morgan fingerprint density at radius 3 is 2.95 bits per heavy atom. The van der Waals surface area contributed by atoms with E-state index in [1.54, 1.807) is 0 Å². The van der Waals surface area contributed by atoms with Crippen molar-refractivity contribution in [2.45, 2.75) is 64.8 Å². The largest absolute Gasteiger partial charge is 0.389 e. The number of ether oxygens (including phenoxy) is 1. The fourth-order valence-electron chi connectivity index (χ4n) is 2.81. The highest BCUT2D eigenvalue weighted by Crippen LogP contribution is 2.28. The van der Waals surface area contributed by atoms with E-state index in [1.807, 2.05) is 27.7 Å². The quantitative estimate of drug-likeness (QED) is 0.859. The Balaban J connectivity index is 2.00. The van der Waals surface area contributed by atoms with Crippen molar-refractivity contribution < 1.29 is 14.4 Å². The molecule has 2 atom stereocenters. The molecule has 1 fully saturated rings. The summed E-state index contributed by atoms with van der Waals surface area (Å²) in [6.45, 7) is 9.72. The molecule has 1 saturated heterocycles. The summed E-state index contributed by atoms with van der Waals surface area (Å²) >= 11 is 0. The minimum atomic E-state index is -0.710. The summed E-state index contributed by atoms with van der Waals surface area (Å²) in [5.41, 5.74) is -0.710. The van der Waals surface area contributed by atoms with E-state index in [2.05, 4.69) is 15.0 Å². The Morgan fingerprint density at radius 1 is 1.55 bits per heavy atom. The van der Waals surface area contributed by atoms with E-state index in [9.17, 15) is 5.11 Å². The second-order valence-electron chi connectivity index (χ2n) is 5.93. The molecule has 0 spiro atoms.